The smallest absolute Gasteiger partial charge is 0.259 e. The van der Waals surface area contributed by atoms with E-state index in [-0.39, 0.29) is 11.9 Å². The molecule has 0 fully saturated rings. The molecule has 2 atom stereocenters. The molecule has 19 heavy (non-hydrogen) atoms. The van der Waals surface area contributed by atoms with Crippen LogP contribution in [0.1, 0.15) is 30.6 Å². The van der Waals surface area contributed by atoms with Gasteiger partial charge in [0.15, 0.2) is 0 Å². The summed E-state index contributed by atoms with van der Waals surface area (Å²) in [6.07, 6.45) is 0.0262. The van der Waals surface area contributed by atoms with Crippen LogP contribution in [0.2, 0.25) is 0 Å². The van der Waals surface area contributed by atoms with E-state index in [0.29, 0.717) is 23.5 Å². The van der Waals surface area contributed by atoms with Crippen LogP contribution in [-0.4, -0.2) is 37.4 Å². The first-order valence-electron chi connectivity index (χ1n) is 6.19. The number of carbonyl (C=O) groups is 1. The number of benzene rings is 1. The lowest BCUT2D eigenvalue weighted by atomic mass is 10.1. The SMILES string of the molecule is COc1cccc(OC)c1C(=O)NC(C)CC(C)O. The van der Waals surface area contributed by atoms with Crippen molar-refractivity contribution in [1.82, 2.24) is 5.32 Å². The molecule has 1 amide bonds. The zero-order chi connectivity index (χ0) is 14.4. The molecule has 0 saturated carbocycles. The summed E-state index contributed by atoms with van der Waals surface area (Å²) in [5, 5.41) is 12.1. The number of ether oxygens (including phenoxy) is 2. The molecule has 0 spiro atoms. The molecular formula is C14H21NO4. The summed E-state index contributed by atoms with van der Waals surface area (Å²) >= 11 is 0. The summed E-state index contributed by atoms with van der Waals surface area (Å²) in [6.45, 7) is 3.53. The third kappa shape index (κ3) is 4.13. The lowest BCUT2D eigenvalue weighted by Crippen LogP contribution is -2.35. The average molecular weight is 267 g/mol. The maximum Gasteiger partial charge on any atom is 0.259 e. The van der Waals surface area contributed by atoms with Gasteiger partial charge in [0.1, 0.15) is 17.1 Å². The van der Waals surface area contributed by atoms with Gasteiger partial charge in [0.25, 0.3) is 5.91 Å². The highest BCUT2D eigenvalue weighted by atomic mass is 16.5. The monoisotopic (exact) mass is 267 g/mol. The Kier molecular flexibility index (Phi) is 5.63. The van der Waals surface area contributed by atoms with Crippen LogP contribution in [0.3, 0.4) is 0 Å². The van der Waals surface area contributed by atoms with Crippen LogP contribution in [0.25, 0.3) is 0 Å². The van der Waals surface area contributed by atoms with Gasteiger partial charge in [-0.3, -0.25) is 4.79 Å². The van der Waals surface area contributed by atoms with E-state index in [9.17, 15) is 9.90 Å². The van der Waals surface area contributed by atoms with Crippen molar-refractivity contribution in [1.29, 1.82) is 0 Å². The van der Waals surface area contributed by atoms with Crippen molar-refractivity contribution in [2.24, 2.45) is 0 Å². The quantitative estimate of drug-likeness (QED) is 0.821. The Hall–Kier alpha value is -1.75. The van der Waals surface area contributed by atoms with Crippen molar-refractivity contribution in [2.45, 2.75) is 32.4 Å². The second-order valence-corrected chi connectivity index (χ2v) is 4.50. The van der Waals surface area contributed by atoms with Gasteiger partial charge < -0.3 is 19.9 Å². The Labute approximate surface area is 113 Å². The fourth-order valence-electron chi connectivity index (χ4n) is 1.94. The Morgan fingerprint density at radius 1 is 1.26 bits per heavy atom. The van der Waals surface area contributed by atoms with Gasteiger partial charge in [0.05, 0.1) is 20.3 Å². The summed E-state index contributed by atoms with van der Waals surface area (Å²) in [5.74, 6) is 0.643. The highest BCUT2D eigenvalue weighted by Gasteiger charge is 2.20. The number of amides is 1. The van der Waals surface area contributed by atoms with Gasteiger partial charge in [0.2, 0.25) is 0 Å². The first kappa shape index (κ1) is 15.3. The van der Waals surface area contributed by atoms with Crippen molar-refractivity contribution in [3.63, 3.8) is 0 Å². The van der Waals surface area contributed by atoms with Gasteiger partial charge in [-0.05, 0) is 32.4 Å². The normalized spacial score (nSPS) is 13.5. The number of carbonyl (C=O) groups excluding carboxylic acids is 1. The molecule has 0 bridgehead atoms. The van der Waals surface area contributed by atoms with E-state index in [1.165, 1.54) is 14.2 Å². The second-order valence-electron chi connectivity index (χ2n) is 4.50. The predicted octanol–water partition coefficient (Wildman–Crippen LogP) is 1.59. The number of aliphatic hydroxyl groups excluding tert-OH is 1. The van der Waals surface area contributed by atoms with Crippen LogP contribution in [0, 0.1) is 0 Å². The summed E-state index contributed by atoms with van der Waals surface area (Å²) in [4.78, 5) is 12.2. The molecule has 1 aromatic carbocycles. The third-order valence-corrected chi connectivity index (χ3v) is 2.73. The minimum absolute atomic E-state index is 0.137. The molecule has 2 N–H and O–H groups in total. The van der Waals surface area contributed by atoms with E-state index in [1.54, 1.807) is 25.1 Å². The zero-order valence-corrected chi connectivity index (χ0v) is 11.8. The largest absolute Gasteiger partial charge is 0.496 e. The molecule has 0 heterocycles. The molecule has 5 heteroatoms. The molecule has 1 aromatic rings. The molecule has 0 aliphatic heterocycles. The molecule has 5 nitrogen and oxygen atoms in total. The second kappa shape index (κ2) is 6.99. The fraction of sp³-hybridized carbons (Fsp3) is 0.500. The Morgan fingerprint density at radius 3 is 2.21 bits per heavy atom. The van der Waals surface area contributed by atoms with Crippen molar-refractivity contribution < 1.29 is 19.4 Å². The third-order valence-electron chi connectivity index (χ3n) is 2.73. The lowest BCUT2D eigenvalue weighted by Gasteiger charge is -2.18. The van der Waals surface area contributed by atoms with E-state index in [2.05, 4.69) is 5.32 Å². The maximum atomic E-state index is 12.2. The molecule has 1 rings (SSSR count). The number of aliphatic hydroxyl groups is 1. The van der Waals surface area contributed by atoms with Gasteiger partial charge in [-0.15, -0.1) is 0 Å². The molecule has 106 valence electrons. The zero-order valence-electron chi connectivity index (χ0n) is 11.8. The summed E-state index contributed by atoms with van der Waals surface area (Å²) in [7, 11) is 3.01. The Morgan fingerprint density at radius 2 is 1.79 bits per heavy atom. The van der Waals surface area contributed by atoms with Crippen molar-refractivity contribution in [2.75, 3.05) is 14.2 Å². The minimum Gasteiger partial charge on any atom is -0.496 e. The number of hydrogen-bond donors (Lipinski definition) is 2. The van der Waals surface area contributed by atoms with Crippen molar-refractivity contribution in [3.8, 4) is 11.5 Å². The van der Waals surface area contributed by atoms with Crippen LogP contribution in [0.5, 0.6) is 11.5 Å². The molecule has 0 aromatic heterocycles. The van der Waals surface area contributed by atoms with Gasteiger partial charge >= 0.3 is 0 Å². The van der Waals surface area contributed by atoms with Crippen molar-refractivity contribution in [3.05, 3.63) is 23.8 Å². The van der Waals surface area contributed by atoms with Crippen LogP contribution in [-0.2, 0) is 0 Å². The topological polar surface area (TPSA) is 67.8 Å². The molecule has 0 radical (unpaired) electrons. The van der Waals surface area contributed by atoms with Gasteiger partial charge in [-0.2, -0.15) is 0 Å². The van der Waals surface area contributed by atoms with Gasteiger partial charge in [0, 0.05) is 6.04 Å². The molecule has 0 aliphatic carbocycles. The first-order chi connectivity index (χ1) is 8.99. The maximum absolute atomic E-state index is 12.2. The van der Waals surface area contributed by atoms with E-state index in [4.69, 9.17) is 9.47 Å². The van der Waals surface area contributed by atoms with Crippen LogP contribution in [0.15, 0.2) is 18.2 Å². The Balaban J connectivity index is 2.92. The molecule has 0 aliphatic rings. The average Bonchev–Trinajstić information content (AvgIpc) is 2.36. The summed E-state index contributed by atoms with van der Waals surface area (Å²) < 4.78 is 10.4. The summed E-state index contributed by atoms with van der Waals surface area (Å²) in [5.41, 5.74) is 0.366. The standard InChI is InChI=1S/C14H21NO4/c1-9(8-10(2)16)15-14(17)13-11(18-3)6-5-7-12(13)19-4/h5-7,9-10,16H,8H2,1-4H3,(H,15,17). The number of rotatable bonds is 6. The first-order valence-corrected chi connectivity index (χ1v) is 6.19. The van der Waals surface area contributed by atoms with Crippen LogP contribution in [0.4, 0.5) is 0 Å². The number of nitrogens with one attached hydrogen (secondary N) is 1. The molecule has 2 unspecified atom stereocenters. The molecule has 0 saturated heterocycles. The van der Waals surface area contributed by atoms with Gasteiger partial charge in [-0.25, -0.2) is 0 Å². The van der Waals surface area contributed by atoms with Gasteiger partial charge in [-0.1, -0.05) is 6.07 Å². The molecular weight excluding hydrogens is 246 g/mol. The highest BCUT2D eigenvalue weighted by molar-refractivity contribution is 5.99. The highest BCUT2D eigenvalue weighted by Crippen LogP contribution is 2.28. The van der Waals surface area contributed by atoms with Crippen LogP contribution < -0.4 is 14.8 Å². The number of hydrogen-bond acceptors (Lipinski definition) is 4. The van der Waals surface area contributed by atoms with E-state index >= 15 is 0 Å². The van der Waals surface area contributed by atoms with E-state index < -0.39 is 6.10 Å². The minimum atomic E-state index is -0.463. The lowest BCUT2D eigenvalue weighted by molar-refractivity contribution is 0.0917. The van der Waals surface area contributed by atoms with Crippen molar-refractivity contribution >= 4 is 5.91 Å². The summed E-state index contributed by atoms with van der Waals surface area (Å²) in [6, 6.07) is 5.03. The Bertz CT molecular complexity index is 409. The predicted molar refractivity (Wildman–Crippen MR) is 72.8 cm³/mol. The van der Waals surface area contributed by atoms with E-state index in [0.717, 1.165) is 0 Å². The van der Waals surface area contributed by atoms with E-state index in [1.807, 2.05) is 6.92 Å². The fourth-order valence-corrected chi connectivity index (χ4v) is 1.94. The van der Waals surface area contributed by atoms with Crippen LogP contribution >= 0.6 is 0 Å². The number of methoxy groups -OCH3 is 2.